The molecule has 0 saturated carbocycles. The number of rotatable bonds is 3. The zero-order valence-electron chi connectivity index (χ0n) is 10.4. The highest BCUT2D eigenvalue weighted by molar-refractivity contribution is 7.80. The molecule has 0 saturated heterocycles. The first-order valence-electron chi connectivity index (χ1n) is 5.97. The molecule has 1 heterocycles. The van der Waals surface area contributed by atoms with Gasteiger partial charge in [0.15, 0.2) is 0 Å². The Kier molecular flexibility index (Phi) is 3.38. The SMILES string of the molecule is NC(=S)c1cc(F)ccc1Nc1ccc2sccc2c1. The number of hydrogen-bond acceptors (Lipinski definition) is 3. The van der Waals surface area contributed by atoms with Crippen LogP contribution >= 0.6 is 23.6 Å². The van der Waals surface area contributed by atoms with Crippen LogP contribution in [0.3, 0.4) is 0 Å². The Bertz CT molecular complexity index is 795. The summed E-state index contributed by atoms with van der Waals surface area (Å²) in [4.78, 5) is 0.170. The predicted molar refractivity (Wildman–Crippen MR) is 87.4 cm³/mol. The lowest BCUT2D eigenvalue weighted by Crippen LogP contribution is -2.12. The molecular weight excluding hydrogens is 291 g/mol. The topological polar surface area (TPSA) is 38.0 Å². The predicted octanol–water partition coefficient (Wildman–Crippen LogP) is 4.42. The maximum Gasteiger partial charge on any atom is 0.124 e. The van der Waals surface area contributed by atoms with Crippen LogP contribution in [0.15, 0.2) is 47.8 Å². The second-order valence-corrected chi connectivity index (χ2v) is 5.74. The second kappa shape index (κ2) is 5.19. The average molecular weight is 302 g/mol. The van der Waals surface area contributed by atoms with E-state index in [2.05, 4.69) is 11.4 Å². The van der Waals surface area contributed by atoms with Crippen LogP contribution < -0.4 is 11.1 Å². The van der Waals surface area contributed by atoms with Gasteiger partial charge in [0.2, 0.25) is 0 Å². The maximum absolute atomic E-state index is 13.3. The third kappa shape index (κ3) is 2.50. The molecule has 0 radical (unpaired) electrons. The smallest absolute Gasteiger partial charge is 0.124 e. The van der Waals surface area contributed by atoms with Crippen LogP contribution in [0.2, 0.25) is 0 Å². The summed E-state index contributed by atoms with van der Waals surface area (Å²) in [6, 6.07) is 12.5. The van der Waals surface area contributed by atoms with E-state index in [0.29, 0.717) is 11.3 Å². The lowest BCUT2D eigenvalue weighted by Gasteiger charge is -2.11. The van der Waals surface area contributed by atoms with Gasteiger partial charge in [0.1, 0.15) is 10.8 Å². The van der Waals surface area contributed by atoms with Gasteiger partial charge in [-0.25, -0.2) is 4.39 Å². The number of hydrogen-bond donors (Lipinski definition) is 2. The number of nitrogens with two attached hydrogens (primary N) is 1. The Morgan fingerprint density at radius 3 is 2.80 bits per heavy atom. The van der Waals surface area contributed by atoms with Crippen molar-refractivity contribution in [3.05, 3.63) is 59.2 Å². The summed E-state index contributed by atoms with van der Waals surface area (Å²) >= 11 is 6.66. The van der Waals surface area contributed by atoms with E-state index in [9.17, 15) is 4.39 Å². The highest BCUT2D eigenvalue weighted by Gasteiger charge is 2.07. The van der Waals surface area contributed by atoms with E-state index in [0.717, 1.165) is 5.69 Å². The van der Waals surface area contributed by atoms with Gasteiger partial charge in [-0.15, -0.1) is 11.3 Å². The zero-order chi connectivity index (χ0) is 14.1. The molecule has 3 rings (SSSR count). The molecule has 0 aliphatic heterocycles. The molecule has 0 spiro atoms. The molecule has 3 aromatic rings. The normalized spacial score (nSPS) is 10.7. The first-order chi connectivity index (χ1) is 9.63. The van der Waals surface area contributed by atoms with E-state index in [-0.39, 0.29) is 10.8 Å². The first-order valence-corrected chi connectivity index (χ1v) is 7.26. The summed E-state index contributed by atoms with van der Waals surface area (Å²) in [5.41, 5.74) is 7.76. The van der Waals surface area contributed by atoms with E-state index in [1.54, 1.807) is 17.4 Å². The van der Waals surface area contributed by atoms with Gasteiger partial charge in [0, 0.05) is 21.6 Å². The summed E-state index contributed by atoms with van der Waals surface area (Å²) < 4.78 is 14.5. The van der Waals surface area contributed by atoms with Gasteiger partial charge < -0.3 is 11.1 Å². The minimum atomic E-state index is -0.355. The van der Waals surface area contributed by atoms with E-state index >= 15 is 0 Å². The van der Waals surface area contributed by atoms with Crippen molar-refractivity contribution in [3.63, 3.8) is 0 Å². The number of benzene rings is 2. The molecule has 1 aromatic heterocycles. The van der Waals surface area contributed by atoms with Crippen molar-refractivity contribution in [2.24, 2.45) is 5.73 Å². The molecule has 0 amide bonds. The Balaban J connectivity index is 1.99. The van der Waals surface area contributed by atoms with Crippen LogP contribution in [0.1, 0.15) is 5.56 Å². The van der Waals surface area contributed by atoms with Crippen LogP contribution in [0.25, 0.3) is 10.1 Å². The molecule has 100 valence electrons. The number of anilines is 2. The monoisotopic (exact) mass is 302 g/mol. The summed E-state index contributed by atoms with van der Waals surface area (Å²) in [6.07, 6.45) is 0. The Morgan fingerprint density at radius 1 is 1.15 bits per heavy atom. The molecule has 20 heavy (non-hydrogen) atoms. The fourth-order valence-corrected chi connectivity index (χ4v) is 2.97. The Hall–Kier alpha value is -1.98. The highest BCUT2D eigenvalue weighted by Crippen LogP contribution is 2.27. The summed E-state index contributed by atoms with van der Waals surface area (Å²) in [7, 11) is 0. The van der Waals surface area contributed by atoms with E-state index in [4.69, 9.17) is 18.0 Å². The molecule has 0 aliphatic carbocycles. The molecule has 0 aliphatic rings. The third-order valence-corrected chi connectivity index (χ3v) is 4.10. The van der Waals surface area contributed by atoms with Crippen LogP contribution in [0.5, 0.6) is 0 Å². The zero-order valence-corrected chi connectivity index (χ0v) is 12.0. The van der Waals surface area contributed by atoms with Gasteiger partial charge in [-0.3, -0.25) is 0 Å². The lowest BCUT2D eigenvalue weighted by molar-refractivity contribution is 0.628. The molecule has 5 heteroatoms. The third-order valence-electron chi connectivity index (χ3n) is 2.98. The van der Waals surface area contributed by atoms with E-state index < -0.39 is 0 Å². The van der Waals surface area contributed by atoms with Crippen LogP contribution in [0, 0.1) is 5.82 Å². The van der Waals surface area contributed by atoms with Crippen LogP contribution in [-0.4, -0.2) is 4.99 Å². The van der Waals surface area contributed by atoms with Gasteiger partial charge in [-0.2, -0.15) is 0 Å². The highest BCUT2D eigenvalue weighted by atomic mass is 32.1. The van der Waals surface area contributed by atoms with E-state index in [1.807, 2.05) is 23.6 Å². The van der Waals surface area contributed by atoms with Gasteiger partial charge in [-0.05, 0) is 53.2 Å². The fraction of sp³-hybridized carbons (Fsp3) is 0. The maximum atomic E-state index is 13.3. The number of halogens is 1. The molecular formula is C15H11FN2S2. The van der Waals surface area contributed by atoms with Crippen LogP contribution in [-0.2, 0) is 0 Å². The van der Waals surface area contributed by atoms with Crippen molar-refractivity contribution in [1.29, 1.82) is 0 Å². The quantitative estimate of drug-likeness (QED) is 0.703. The molecule has 2 aromatic carbocycles. The molecule has 0 atom stereocenters. The van der Waals surface area contributed by atoms with Gasteiger partial charge >= 0.3 is 0 Å². The lowest BCUT2D eigenvalue weighted by atomic mass is 10.1. The fourth-order valence-electron chi connectivity index (χ4n) is 2.03. The second-order valence-electron chi connectivity index (χ2n) is 4.35. The van der Waals surface area contributed by atoms with Crippen LogP contribution in [0.4, 0.5) is 15.8 Å². The average Bonchev–Trinajstić information content (AvgIpc) is 2.88. The van der Waals surface area contributed by atoms with Crippen molar-refractivity contribution in [1.82, 2.24) is 0 Å². The number of thiocarbonyl (C=S) groups is 1. The molecule has 3 N–H and O–H groups in total. The summed E-state index contributed by atoms with van der Waals surface area (Å²) in [5.74, 6) is -0.355. The standard InChI is InChI=1S/C15H11FN2S2/c16-10-1-3-13(12(8-10)15(17)19)18-11-2-4-14-9(7-11)5-6-20-14/h1-8,18H,(H2,17,19). The minimum absolute atomic E-state index is 0.170. The summed E-state index contributed by atoms with van der Waals surface area (Å²) in [5, 5.41) is 6.45. The van der Waals surface area contributed by atoms with E-state index in [1.165, 1.54) is 22.2 Å². The molecule has 0 fully saturated rings. The molecule has 2 nitrogen and oxygen atoms in total. The number of fused-ring (bicyclic) bond motifs is 1. The Labute approximate surface area is 125 Å². The van der Waals surface area contributed by atoms with Crippen molar-refractivity contribution < 1.29 is 4.39 Å². The molecule has 0 unspecified atom stereocenters. The van der Waals surface area contributed by atoms with Gasteiger partial charge in [0.05, 0.1) is 0 Å². The summed E-state index contributed by atoms with van der Waals surface area (Å²) in [6.45, 7) is 0. The van der Waals surface area contributed by atoms with Crippen molar-refractivity contribution >= 4 is 50.0 Å². The van der Waals surface area contributed by atoms with Crippen molar-refractivity contribution in [2.75, 3.05) is 5.32 Å². The van der Waals surface area contributed by atoms with Crippen molar-refractivity contribution in [3.8, 4) is 0 Å². The first kappa shape index (κ1) is 13.0. The van der Waals surface area contributed by atoms with Crippen molar-refractivity contribution in [2.45, 2.75) is 0 Å². The van der Waals surface area contributed by atoms with Gasteiger partial charge in [0.25, 0.3) is 0 Å². The number of thiophene rings is 1. The minimum Gasteiger partial charge on any atom is -0.389 e. The van der Waals surface area contributed by atoms with Gasteiger partial charge in [-0.1, -0.05) is 12.2 Å². The largest absolute Gasteiger partial charge is 0.389 e. The Morgan fingerprint density at radius 2 is 2.00 bits per heavy atom. The number of nitrogens with one attached hydrogen (secondary N) is 1. The molecule has 0 bridgehead atoms.